The van der Waals surface area contributed by atoms with Crippen LogP contribution in [0.1, 0.15) is 5.69 Å². The van der Waals surface area contributed by atoms with Gasteiger partial charge in [-0.3, -0.25) is 4.98 Å². The Labute approximate surface area is 96.8 Å². The van der Waals surface area contributed by atoms with Crippen LogP contribution in [0.3, 0.4) is 0 Å². The van der Waals surface area contributed by atoms with E-state index in [0.717, 1.165) is 27.4 Å². The van der Waals surface area contributed by atoms with Gasteiger partial charge in [-0.25, -0.2) is 9.97 Å². The molecular formula is C12H9N3S. The van der Waals surface area contributed by atoms with Gasteiger partial charge in [0.05, 0.1) is 17.2 Å². The first-order valence-corrected chi connectivity index (χ1v) is 5.85. The maximum absolute atomic E-state index is 4.54. The highest BCUT2D eigenvalue weighted by atomic mass is 32.1. The molecule has 0 bridgehead atoms. The molecule has 0 N–H and O–H groups in total. The summed E-state index contributed by atoms with van der Waals surface area (Å²) in [5, 5.41) is 2.95. The fourth-order valence-corrected chi connectivity index (χ4v) is 2.28. The zero-order valence-electron chi connectivity index (χ0n) is 8.71. The van der Waals surface area contributed by atoms with Crippen molar-refractivity contribution in [2.24, 2.45) is 0 Å². The molecule has 0 unspecified atom stereocenters. The number of aromatic nitrogens is 3. The Morgan fingerprint density at radius 2 is 1.88 bits per heavy atom. The van der Waals surface area contributed by atoms with Gasteiger partial charge in [-0.2, -0.15) is 0 Å². The van der Waals surface area contributed by atoms with E-state index < -0.39 is 0 Å². The quantitative estimate of drug-likeness (QED) is 0.641. The second kappa shape index (κ2) is 3.64. The summed E-state index contributed by atoms with van der Waals surface area (Å²) >= 11 is 1.60. The van der Waals surface area contributed by atoms with Crippen LogP contribution in [0.4, 0.5) is 0 Å². The number of nitrogens with zero attached hydrogens (tertiary/aromatic N) is 3. The van der Waals surface area contributed by atoms with Crippen molar-refractivity contribution in [3.05, 3.63) is 41.5 Å². The normalized spacial score (nSPS) is 10.8. The molecule has 3 aromatic rings. The van der Waals surface area contributed by atoms with Crippen molar-refractivity contribution in [2.75, 3.05) is 0 Å². The first-order chi connectivity index (χ1) is 7.83. The van der Waals surface area contributed by atoms with Crippen molar-refractivity contribution >= 4 is 22.4 Å². The summed E-state index contributed by atoms with van der Waals surface area (Å²) in [4.78, 5) is 13.3. The topological polar surface area (TPSA) is 38.7 Å². The average Bonchev–Trinajstić information content (AvgIpc) is 2.75. The van der Waals surface area contributed by atoms with E-state index in [-0.39, 0.29) is 0 Å². The fourth-order valence-electron chi connectivity index (χ4n) is 1.53. The van der Waals surface area contributed by atoms with Gasteiger partial charge in [-0.15, -0.1) is 11.3 Å². The largest absolute Gasteiger partial charge is 0.252 e. The lowest BCUT2D eigenvalue weighted by molar-refractivity contribution is 1.23. The highest BCUT2D eigenvalue weighted by molar-refractivity contribution is 7.13. The Morgan fingerprint density at radius 3 is 2.62 bits per heavy atom. The molecule has 0 saturated carbocycles. The van der Waals surface area contributed by atoms with Crippen LogP contribution >= 0.6 is 11.3 Å². The summed E-state index contributed by atoms with van der Waals surface area (Å²) in [5.41, 5.74) is 3.69. The van der Waals surface area contributed by atoms with Gasteiger partial charge in [0.1, 0.15) is 10.7 Å². The Morgan fingerprint density at radius 1 is 1.06 bits per heavy atom. The molecule has 2 heterocycles. The van der Waals surface area contributed by atoms with Crippen LogP contribution < -0.4 is 0 Å². The molecule has 0 atom stereocenters. The van der Waals surface area contributed by atoms with E-state index >= 15 is 0 Å². The summed E-state index contributed by atoms with van der Waals surface area (Å²) < 4.78 is 0. The molecule has 4 heteroatoms. The number of aryl methyl sites for hydroxylation is 1. The molecule has 0 saturated heterocycles. The number of rotatable bonds is 1. The van der Waals surface area contributed by atoms with E-state index in [9.17, 15) is 0 Å². The maximum Gasteiger partial charge on any atom is 0.143 e. The molecule has 0 aliphatic rings. The zero-order valence-corrected chi connectivity index (χ0v) is 9.53. The van der Waals surface area contributed by atoms with E-state index in [2.05, 4.69) is 15.0 Å². The third-order valence-electron chi connectivity index (χ3n) is 2.29. The summed E-state index contributed by atoms with van der Waals surface area (Å²) in [6, 6.07) is 7.85. The molecule has 0 spiro atoms. The highest BCUT2D eigenvalue weighted by Gasteiger charge is 2.05. The number of hydrogen-bond acceptors (Lipinski definition) is 4. The van der Waals surface area contributed by atoms with Gasteiger partial charge in [-0.1, -0.05) is 12.1 Å². The Hall–Kier alpha value is -1.81. The van der Waals surface area contributed by atoms with Gasteiger partial charge in [0, 0.05) is 11.1 Å². The Balaban J connectivity index is 2.18. The smallest absolute Gasteiger partial charge is 0.143 e. The predicted molar refractivity (Wildman–Crippen MR) is 65.4 cm³/mol. The Kier molecular flexibility index (Phi) is 2.15. The molecule has 0 radical (unpaired) electrons. The fraction of sp³-hybridized carbons (Fsp3) is 0.0833. The third kappa shape index (κ3) is 1.57. The molecular weight excluding hydrogens is 218 g/mol. The van der Waals surface area contributed by atoms with E-state index in [1.165, 1.54) is 0 Å². The minimum atomic E-state index is 0.844. The van der Waals surface area contributed by atoms with Crippen LogP contribution in [0.15, 0.2) is 35.8 Å². The van der Waals surface area contributed by atoms with Crippen LogP contribution in [0.25, 0.3) is 21.7 Å². The Bertz CT molecular complexity index is 645. The number of para-hydroxylation sites is 2. The molecule has 1 aromatic carbocycles. The van der Waals surface area contributed by atoms with Crippen LogP contribution in [0.5, 0.6) is 0 Å². The molecule has 0 fully saturated rings. The first-order valence-electron chi connectivity index (χ1n) is 4.97. The van der Waals surface area contributed by atoms with Gasteiger partial charge in [-0.05, 0) is 19.1 Å². The maximum atomic E-state index is 4.54. The van der Waals surface area contributed by atoms with E-state index in [1.54, 1.807) is 17.5 Å². The number of hydrogen-bond donors (Lipinski definition) is 0. The molecule has 78 valence electrons. The number of fused-ring (bicyclic) bond motifs is 1. The zero-order chi connectivity index (χ0) is 11.0. The van der Waals surface area contributed by atoms with E-state index in [4.69, 9.17) is 0 Å². The highest BCUT2D eigenvalue weighted by Crippen LogP contribution is 2.22. The van der Waals surface area contributed by atoms with Crippen molar-refractivity contribution in [3.8, 4) is 10.7 Å². The molecule has 2 aromatic heterocycles. The molecule has 16 heavy (non-hydrogen) atoms. The van der Waals surface area contributed by atoms with Crippen molar-refractivity contribution in [1.82, 2.24) is 15.0 Å². The van der Waals surface area contributed by atoms with Gasteiger partial charge in [0.15, 0.2) is 0 Å². The lowest BCUT2D eigenvalue weighted by atomic mass is 10.3. The molecule has 3 rings (SSSR count). The molecule has 3 nitrogen and oxygen atoms in total. The summed E-state index contributed by atoms with van der Waals surface area (Å²) in [6.07, 6.45) is 1.78. The monoisotopic (exact) mass is 227 g/mol. The van der Waals surface area contributed by atoms with Crippen LogP contribution in [0.2, 0.25) is 0 Å². The van der Waals surface area contributed by atoms with Crippen LogP contribution in [-0.2, 0) is 0 Å². The molecule has 0 aliphatic heterocycles. The van der Waals surface area contributed by atoms with E-state index in [1.807, 2.05) is 36.6 Å². The number of benzene rings is 1. The minimum Gasteiger partial charge on any atom is -0.252 e. The summed E-state index contributed by atoms with van der Waals surface area (Å²) in [7, 11) is 0. The van der Waals surface area contributed by atoms with Gasteiger partial charge in [0.2, 0.25) is 0 Å². The van der Waals surface area contributed by atoms with Gasteiger partial charge >= 0.3 is 0 Å². The average molecular weight is 227 g/mol. The van der Waals surface area contributed by atoms with Crippen molar-refractivity contribution in [2.45, 2.75) is 6.92 Å². The van der Waals surface area contributed by atoms with E-state index in [0.29, 0.717) is 0 Å². The van der Waals surface area contributed by atoms with Crippen molar-refractivity contribution in [3.63, 3.8) is 0 Å². The second-order valence-corrected chi connectivity index (χ2v) is 4.40. The minimum absolute atomic E-state index is 0.844. The third-order valence-corrected chi connectivity index (χ3v) is 3.27. The lowest BCUT2D eigenvalue weighted by Gasteiger charge is -1.98. The SMILES string of the molecule is Cc1csc(-c2cnc3ccccc3n2)n1. The van der Waals surface area contributed by atoms with Crippen LogP contribution in [-0.4, -0.2) is 15.0 Å². The lowest BCUT2D eigenvalue weighted by Crippen LogP contribution is -1.87. The van der Waals surface area contributed by atoms with Gasteiger partial charge < -0.3 is 0 Å². The molecule has 0 aliphatic carbocycles. The predicted octanol–water partition coefficient (Wildman–Crippen LogP) is 3.06. The van der Waals surface area contributed by atoms with Gasteiger partial charge in [0.25, 0.3) is 0 Å². The second-order valence-electron chi connectivity index (χ2n) is 3.54. The van der Waals surface area contributed by atoms with Crippen molar-refractivity contribution in [1.29, 1.82) is 0 Å². The molecule has 0 amide bonds. The number of thiazole rings is 1. The van der Waals surface area contributed by atoms with Crippen LogP contribution in [0, 0.1) is 6.92 Å². The summed E-state index contributed by atoms with van der Waals surface area (Å²) in [6.45, 7) is 1.98. The van der Waals surface area contributed by atoms with Crippen molar-refractivity contribution < 1.29 is 0 Å². The standard InChI is InChI=1S/C12H9N3S/c1-8-7-16-12(14-8)11-6-13-9-4-2-3-5-10(9)15-11/h2-7H,1H3. The first kappa shape index (κ1) is 9.42. The summed E-state index contributed by atoms with van der Waals surface area (Å²) in [5.74, 6) is 0.